The number of piperidine rings is 1. The van der Waals surface area contributed by atoms with Crippen LogP contribution >= 0.6 is 12.4 Å². The van der Waals surface area contributed by atoms with Crippen molar-refractivity contribution in [3.63, 3.8) is 0 Å². The summed E-state index contributed by atoms with van der Waals surface area (Å²) in [4.78, 5) is 14.4. The number of nitrogens with zero attached hydrogens (tertiary/aromatic N) is 1. The number of morpholine rings is 1. The van der Waals surface area contributed by atoms with E-state index < -0.39 is 0 Å². The van der Waals surface area contributed by atoms with Crippen LogP contribution in [-0.4, -0.2) is 61.9 Å². The predicted octanol–water partition coefficient (Wildman–Crippen LogP) is 1.98. The zero-order valence-corrected chi connectivity index (χ0v) is 15.0. The second-order valence-electron chi connectivity index (χ2n) is 7.12. The third kappa shape index (κ3) is 5.31. The van der Waals surface area contributed by atoms with E-state index in [2.05, 4.69) is 12.2 Å². The van der Waals surface area contributed by atoms with Crippen LogP contribution < -0.4 is 5.32 Å². The molecule has 6 heteroatoms. The second-order valence-corrected chi connectivity index (χ2v) is 7.12. The molecule has 3 rings (SSSR count). The summed E-state index contributed by atoms with van der Waals surface area (Å²) < 4.78 is 11.7. The van der Waals surface area contributed by atoms with Crippen LogP contribution in [0.3, 0.4) is 0 Å². The van der Waals surface area contributed by atoms with Gasteiger partial charge in [0.2, 0.25) is 5.91 Å². The number of nitrogens with one attached hydrogen (secondary N) is 1. The van der Waals surface area contributed by atoms with Crippen LogP contribution in [-0.2, 0) is 14.3 Å². The van der Waals surface area contributed by atoms with Crippen molar-refractivity contribution in [1.29, 1.82) is 0 Å². The second kappa shape index (κ2) is 9.21. The maximum atomic E-state index is 12.4. The molecule has 2 saturated heterocycles. The van der Waals surface area contributed by atoms with Crippen LogP contribution in [0.2, 0.25) is 0 Å². The van der Waals surface area contributed by atoms with Crippen LogP contribution in [0.5, 0.6) is 0 Å². The number of hydrogen-bond acceptors (Lipinski definition) is 4. The molecule has 2 heterocycles. The van der Waals surface area contributed by atoms with Gasteiger partial charge < -0.3 is 19.7 Å². The van der Waals surface area contributed by atoms with E-state index in [9.17, 15) is 4.79 Å². The van der Waals surface area contributed by atoms with Crippen molar-refractivity contribution in [2.75, 3.05) is 32.8 Å². The zero-order valence-electron chi connectivity index (χ0n) is 14.2. The normalized spacial score (nSPS) is 33.1. The highest BCUT2D eigenvalue weighted by Crippen LogP contribution is 2.28. The lowest BCUT2D eigenvalue weighted by atomic mass is 9.88. The fourth-order valence-corrected chi connectivity index (χ4v) is 3.79. The number of ether oxygens (including phenoxy) is 2. The van der Waals surface area contributed by atoms with Crippen LogP contribution in [0.1, 0.15) is 45.4 Å². The molecule has 134 valence electrons. The fraction of sp³-hybridized carbons (Fsp3) is 0.941. The van der Waals surface area contributed by atoms with Crippen molar-refractivity contribution < 1.29 is 14.3 Å². The lowest BCUT2D eigenvalue weighted by Crippen LogP contribution is -2.54. The van der Waals surface area contributed by atoms with E-state index in [1.165, 1.54) is 25.7 Å². The molecule has 0 bridgehead atoms. The number of hydrogen-bond donors (Lipinski definition) is 1. The molecule has 0 aromatic carbocycles. The molecule has 0 aromatic rings. The van der Waals surface area contributed by atoms with E-state index in [0.29, 0.717) is 25.4 Å². The standard InChI is InChI=1S/C17H30N2O3.ClH/c1-13-2-4-14(5-3-13)22-15-6-9-19(10-7-15)17(20)16-12-21-11-8-18-16;/h13-16,18H,2-12H2,1H3;1H. The SMILES string of the molecule is CC1CCC(OC2CCN(C(=O)C3COCCN3)CC2)CC1.Cl. The minimum absolute atomic E-state index is 0. The highest BCUT2D eigenvalue weighted by Gasteiger charge is 2.31. The number of likely N-dealkylation sites (tertiary alicyclic amines) is 1. The molecule has 1 aliphatic carbocycles. The first-order valence-corrected chi connectivity index (χ1v) is 8.97. The lowest BCUT2D eigenvalue weighted by Gasteiger charge is -2.37. The third-order valence-electron chi connectivity index (χ3n) is 5.32. The van der Waals surface area contributed by atoms with Crippen LogP contribution in [0.15, 0.2) is 0 Å². The predicted molar refractivity (Wildman–Crippen MR) is 92.0 cm³/mol. The van der Waals surface area contributed by atoms with Gasteiger partial charge in [0.1, 0.15) is 6.04 Å². The summed E-state index contributed by atoms with van der Waals surface area (Å²) in [7, 11) is 0. The average molecular weight is 347 g/mol. The summed E-state index contributed by atoms with van der Waals surface area (Å²) in [6.45, 7) is 5.98. The van der Waals surface area contributed by atoms with Gasteiger partial charge in [-0.15, -0.1) is 12.4 Å². The maximum Gasteiger partial charge on any atom is 0.242 e. The number of carbonyl (C=O) groups excluding carboxylic acids is 1. The highest BCUT2D eigenvalue weighted by atomic mass is 35.5. The molecule has 2 aliphatic heterocycles. The highest BCUT2D eigenvalue weighted by molar-refractivity contribution is 5.85. The molecule has 1 saturated carbocycles. The molecule has 1 atom stereocenters. The van der Waals surface area contributed by atoms with E-state index in [0.717, 1.165) is 38.4 Å². The van der Waals surface area contributed by atoms with Gasteiger partial charge in [-0.1, -0.05) is 6.92 Å². The van der Waals surface area contributed by atoms with Gasteiger partial charge in [0.05, 0.1) is 25.4 Å². The quantitative estimate of drug-likeness (QED) is 0.849. The molecule has 0 spiro atoms. The Kier molecular flexibility index (Phi) is 7.60. The van der Waals surface area contributed by atoms with Gasteiger partial charge in [0.15, 0.2) is 0 Å². The number of halogens is 1. The monoisotopic (exact) mass is 346 g/mol. The molecule has 1 amide bonds. The van der Waals surface area contributed by atoms with Crippen LogP contribution in [0, 0.1) is 5.92 Å². The molecular formula is C17H31ClN2O3. The minimum Gasteiger partial charge on any atom is -0.378 e. The van der Waals surface area contributed by atoms with E-state index in [-0.39, 0.29) is 24.4 Å². The van der Waals surface area contributed by atoms with E-state index in [1.807, 2.05) is 4.90 Å². The topological polar surface area (TPSA) is 50.8 Å². The summed E-state index contributed by atoms with van der Waals surface area (Å²) in [5, 5.41) is 3.25. The summed E-state index contributed by atoms with van der Waals surface area (Å²) >= 11 is 0. The molecule has 3 fully saturated rings. The lowest BCUT2D eigenvalue weighted by molar-refractivity contribution is -0.140. The summed E-state index contributed by atoms with van der Waals surface area (Å²) in [5.41, 5.74) is 0. The van der Waals surface area contributed by atoms with Gasteiger partial charge in [-0.05, 0) is 44.4 Å². The largest absolute Gasteiger partial charge is 0.378 e. The number of rotatable bonds is 3. The van der Waals surface area contributed by atoms with Gasteiger partial charge in [0, 0.05) is 19.6 Å². The first kappa shape index (κ1) is 19.0. The Morgan fingerprint density at radius 3 is 2.35 bits per heavy atom. The molecule has 3 aliphatic rings. The molecule has 23 heavy (non-hydrogen) atoms. The number of carbonyl (C=O) groups is 1. The Morgan fingerprint density at radius 1 is 1.09 bits per heavy atom. The summed E-state index contributed by atoms with van der Waals surface area (Å²) in [6.07, 6.45) is 7.78. The Bertz CT molecular complexity index is 361. The van der Waals surface area contributed by atoms with E-state index in [4.69, 9.17) is 9.47 Å². The van der Waals surface area contributed by atoms with Gasteiger partial charge in [-0.25, -0.2) is 0 Å². The molecule has 1 N–H and O–H groups in total. The van der Waals surface area contributed by atoms with E-state index >= 15 is 0 Å². The molecule has 5 nitrogen and oxygen atoms in total. The van der Waals surface area contributed by atoms with Crippen molar-refractivity contribution in [3.8, 4) is 0 Å². The average Bonchev–Trinajstić information content (AvgIpc) is 2.58. The van der Waals surface area contributed by atoms with Gasteiger partial charge in [-0.3, -0.25) is 4.79 Å². The molecular weight excluding hydrogens is 316 g/mol. The first-order valence-electron chi connectivity index (χ1n) is 8.97. The van der Waals surface area contributed by atoms with Crippen molar-refractivity contribution in [1.82, 2.24) is 10.2 Å². The van der Waals surface area contributed by atoms with Crippen molar-refractivity contribution >= 4 is 18.3 Å². The first-order chi connectivity index (χ1) is 10.7. The Labute approximate surface area is 145 Å². The summed E-state index contributed by atoms with van der Waals surface area (Å²) in [5.74, 6) is 1.06. The van der Waals surface area contributed by atoms with Crippen LogP contribution in [0.25, 0.3) is 0 Å². The summed E-state index contributed by atoms with van der Waals surface area (Å²) in [6, 6.07) is -0.147. The van der Waals surface area contributed by atoms with Gasteiger partial charge in [-0.2, -0.15) is 0 Å². The smallest absolute Gasteiger partial charge is 0.242 e. The number of amides is 1. The Hall–Kier alpha value is -0.360. The third-order valence-corrected chi connectivity index (χ3v) is 5.32. The zero-order chi connectivity index (χ0) is 15.4. The van der Waals surface area contributed by atoms with Gasteiger partial charge in [0.25, 0.3) is 0 Å². The van der Waals surface area contributed by atoms with E-state index in [1.54, 1.807) is 0 Å². The van der Waals surface area contributed by atoms with Crippen molar-refractivity contribution in [2.45, 2.75) is 63.7 Å². The van der Waals surface area contributed by atoms with Gasteiger partial charge >= 0.3 is 0 Å². The minimum atomic E-state index is -0.147. The van der Waals surface area contributed by atoms with Crippen molar-refractivity contribution in [2.24, 2.45) is 5.92 Å². The van der Waals surface area contributed by atoms with Crippen LogP contribution in [0.4, 0.5) is 0 Å². The maximum absolute atomic E-state index is 12.4. The fourth-order valence-electron chi connectivity index (χ4n) is 3.79. The van der Waals surface area contributed by atoms with Crippen molar-refractivity contribution in [3.05, 3.63) is 0 Å². The Morgan fingerprint density at radius 2 is 1.74 bits per heavy atom. The Balaban J connectivity index is 0.00000192. The molecule has 0 radical (unpaired) electrons. The molecule has 0 aromatic heterocycles. The molecule has 1 unspecified atom stereocenters.